The molecule has 1 atom stereocenters. The van der Waals surface area contributed by atoms with Gasteiger partial charge >= 0.3 is 12.6 Å². The molecule has 6 heteroatoms. The Balaban J connectivity index is 1.67. The van der Waals surface area contributed by atoms with Crippen LogP contribution in [-0.4, -0.2) is 12.6 Å². The zero-order chi connectivity index (χ0) is 16.2. The fourth-order valence-corrected chi connectivity index (χ4v) is 2.79. The fourth-order valence-electron chi connectivity index (χ4n) is 2.79. The molecule has 0 spiro atoms. The number of halogens is 2. The molecule has 0 aromatic heterocycles. The quantitative estimate of drug-likeness (QED) is 0.892. The van der Waals surface area contributed by atoms with Gasteiger partial charge in [0.25, 0.3) is 0 Å². The second-order valence-electron chi connectivity index (χ2n) is 5.26. The Labute approximate surface area is 132 Å². The Hall–Kier alpha value is -2.63. The number of benzene rings is 2. The number of carbonyl (C=O) groups excluding carboxylic acids is 1. The molecule has 3 rings (SSSR count). The molecule has 0 saturated carbocycles. The number of para-hydroxylation sites is 2. The highest BCUT2D eigenvalue weighted by molar-refractivity contribution is 5.91. The van der Waals surface area contributed by atoms with Gasteiger partial charge in [0.2, 0.25) is 0 Å². The van der Waals surface area contributed by atoms with E-state index in [1.807, 2.05) is 24.3 Å². The van der Waals surface area contributed by atoms with Crippen molar-refractivity contribution in [2.75, 3.05) is 5.32 Å². The molecule has 23 heavy (non-hydrogen) atoms. The van der Waals surface area contributed by atoms with E-state index < -0.39 is 12.6 Å². The molecule has 0 aliphatic heterocycles. The number of fused-ring (bicyclic) bond motifs is 1. The van der Waals surface area contributed by atoms with Crippen molar-refractivity contribution < 1.29 is 18.3 Å². The summed E-state index contributed by atoms with van der Waals surface area (Å²) in [6, 6.07) is 13.5. The zero-order valence-corrected chi connectivity index (χ0v) is 12.3. The highest BCUT2D eigenvalue weighted by atomic mass is 19.3. The van der Waals surface area contributed by atoms with Gasteiger partial charge in [0.1, 0.15) is 5.75 Å². The molecular formula is C17H16F2N2O2. The van der Waals surface area contributed by atoms with Crippen LogP contribution in [0.5, 0.6) is 5.75 Å². The van der Waals surface area contributed by atoms with Crippen LogP contribution in [0.15, 0.2) is 48.5 Å². The number of urea groups is 1. The van der Waals surface area contributed by atoms with Gasteiger partial charge in [0, 0.05) is 0 Å². The molecule has 0 bridgehead atoms. The lowest BCUT2D eigenvalue weighted by molar-refractivity contribution is -0.0493. The third-order valence-corrected chi connectivity index (χ3v) is 3.79. The van der Waals surface area contributed by atoms with E-state index in [0.29, 0.717) is 0 Å². The first-order valence-electron chi connectivity index (χ1n) is 7.32. The van der Waals surface area contributed by atoms with E-state index in [0.717, 1.165) is 18.4 Å². The van der Waals surface area contributed by atoms with E-state index >= 15 is 0 Å². The molecule has 4 nitrogen and oxygen atoms in total. The standard InChI is InChI=1S/C17H16F2N2O2/c18-16(19)23-15-8-4-3-7-14(15)21-17(22)20-13-10-9-11-5-1-2-6-12(11)13/h1-8,13,16H,9-10H2,(H2,20,21,22). The fraction of sp³-hybridized carbons (Fsp3) is 0.235. The Morgan fingerprint density at radius 2 is 1.87 bits per heavy atom. The molecule has 2 amide bonds. The number of aryl methyl sites for hydroxylation is 1. The number of hydrogen-bond donors (Lipinski definition) is 2. The van der Waals surface area contributed by atoms with Gasteiger partial charge in [-0.3, -0.25) is 0 Å². The Morgan fingerprint density at radius 3 is 2.70 bits per heavy atom. The van der Waals surface area contributed by atoms with Crippen LogP contribution >= 0.6 is 0 Å². The lowest BCUT2D eigenvalue weighted by Crippen LogP contribution is -2.31. The smallest absolute Gasteiger partial charge is 0.387 e. The minimum absolute atomic E-state index is 0.0653. The first kappa shape index (κ1) is 15.3. The van der Waals surface area contributed by atoms with Gasteiger partial charge in [-0.2, -0.15) is 8.78 Å². The molecule has 0 radical (unpaired) electrons. The minimum Gasteiger partial charge on any atom is -0.433 e. The number of ether oxygens (including phenoxy) is 1. The van der Waals surface area contributed by atoms with Crippen LogP contribution in [0.4, 0.5) is 19.3 Å². The van der Waals surface area contributed by atoms with Crippen molar-refractivity contribution in [1.82, 2.24) is 5.32 Å². The maximum Gasteiger partial charge on any atom is 0.387 e. The molecule has 0 saturated heterocycles. The summed E-state index contributed by atoms with van der Waals surface area (Å²) in [5, 5.41) is 5.44. The maximum atomic E-state index is 12.4. The predicted octanol–water partition coefficient (Wildman–Crippen LogP) is 4.10. The molecule has 120 valence electrons. The number of nitrogens with one attached hydrogen (secondary N) is 2. The highest BCUT2D eigenvalue weighted by Gasteiger charge is 2.23. The normalized spacial score (nSPS) is 16.0. The summed E-state index contributed by atoms with van der Waals surface area (Å²) >= 11 is 0. The monoisotopic (exact) mass is 318 g/mol. The Bertz CT molecular complexity index is 706. The van der Waals surface area contributed by atoms with E-state index in [1.165, 1.54) is 17.7 Å². The Morgan fingerprint density at radius 1 is 1.13 bits per heavy atom. The van der Waals surface area contributed by atoms with Crippen molar-refractivity contribution in [2.45, 2.75) is 25.5 Å². The van der Waals surface area contributed by atoms with Crippen LogP contribution < -0.4 is 15.4 Å². The lowest BCUT2D eigenvalue weighted by Gasteiger charge is -2.16. The number of anilines is 1. The number of hydrogen-bond acceptors (Lipinski definition) is 2. The maximum absolute atomic E-state index is 12.4. The van der Waals surface area contributed by atoms with Gasteiger partial charge < -0.3 is 15.4 Å². The van der Waals surface area contributed by atoms with Gasteiger partial charge in [-0.25, -0.2) is 4.79 Å². The summed E-state index contributed by atoms with van der Waals surface area (Å²) in [6.07, 6.45) is 1.73. The van der Waals surface area contributed by atoms with Crippen molar-refractivity contribution in [3.05, 3.63) is 59.7 Å². The molecule has 1 aliphatic rings. The van der Waals surface area contributed by atoms with E-state index in [1.54, 1.807) is 12.1 Å². The average Bonchev–Trinajstić information content (AvgIpc) is 2.92. The summed E-state index contributed by atoms with van der Waals surface area (Å²) in [7, 11) is 0. The van der Waals surface area contributed by atoms with Crippen LogP contribution in [0.3, 0.4) is 0 Å². The second-order valence-corrected chi connectivity index (χ2v) is 5.26. The lowest BCUT2D eigenvalue weighted by atomic mass is 10.1. The van der Waals surface area contributed by atoms with Gasteiger partial charge in [0.05, 0.1) is 11.7 Å². The molecule has 2 N–H and O–H groups in total. The minimum atomic E-state index is -2.94. The molecule has 2 aromatic carbocycles. The molecule has 0 fully saturated rings. The number of carbonyl (C=O) groups is 1. The van der Waals surface area contributed by atoms with E-state index in [9.17, 15) is 13.6 Å². The van der Waals surface area contributed by atoms with E-state index in [2.05, 4.69) is 15.4 Å². The first-order chi connectivity index (χ1) is 11.1. The molecule has 2 aromatic rings. The van der Waals surface area contributed by atoms with Gasteiger partial charge in [-0.15, -0.1) is 0 Å². The highest BCUT2D eigenvalue weighted by Crippen LogP contribution is 2.31. The molecule has 1 aliphatic carbocycles. The third kappa shape index (κ3) is 3.59. The first-order valence-corrected chi connectivity index (χ1v) is 7.32. The van der Waals surface area contributed by atoms with Gasteiger partial charge in [-0.1, -0.05) is 36.4 Å². The van der Waals surface area contributed by atoms with Crippen LogP contribution in [0, 0.1) is 0 Å². The van der Waals surface area contributed by atoms with Crippen LogP contribution in [0.1, 0.15) is 23.6 Å². The van der Waals surface area contributed by atoms with Crippen molar-refractivity contribution in [3.8, 4) is 5.75 Å². The van der Waals surface area contributed by atoms with Gasteiger partial charge in [-0.05, 0) is 36.1 Å². The summed E-state index contributed by atoms with van der Waals surface area (Å²) in [6.45, 7) is -2.94. The van der Waals surface area contributed by atoms with E-state index in [-0.39, 0.29) is 17.5 Å². The topological polar surface area (TPSA) is 50.4 Å². The number of alkyl halides is 2. The van der Waals surface area contributed by atoms with Crippen molar-refractivity contribution in [3.63, 3.8) is 0 Å². The average molecular weight is 318 g/mol. The largest absolute Gasteiger partial charge is 0.433 e. The number of rotatable bonds is 4. The van der Waals surface area contributed by atoms with E-state index in [4.69, 9.17) is 0 Å². The summed E-state index contributed by atoms with van der Waals surface area (Å²) < 4.78 is 29.2. The summed E-state index contributed by atoms with van der Waals surface area (Å²) in [5.74, 6) is -0.0653. The second kappa shape index (κ2) is 6.64. The molecular weight excluding hydrogens is 302 g/mol. The Kier molecular flexibility index (Phi) is 4.41. The number of amides is 2. The summed E-state index contributed by atoms with van der Waals surface area (Å²) in [5.41, 5.74) is 2.52. The van der Waals surface area contributed by atoms with Crippen LogP contribution in [0.25, 0.3) is 0 Å². The molecule has 1 unspecified atom stereocenters. The van der Waals surface area contributed by atoms with Crippen molar-refractivity contribution >= 4 is 11.7 Å². The van der Waals surface area contributed by atoms with Gasteiger partial charge in [0.15, 0.2) is 0 Å². The van der Waals surface area contributed by atoms with Crippen molar-refractivity contribution in [2.24, 2.45) is 0 Å². The SMILES string of the molecule is O=C(Nc1ccccc1OC(F)F)NC1CCc2ccccc21. The zero-order valence-electron chi connectivity index (χ0n) is 12.3. The third-order valence-electron chi connectivity index (χ3n) is 3.79. The predicted molar refractivity (Wildman–Crippen MR) is 82.7 cm³/mol. The summed E-state index contributed by atoms with van der Waals surface area (Å²) in [4.78, 5) is 12.2. The van der Waals surface area contributed by atoms with Crippen molar-refractivity contribution in [1.29, 1.82) is 0 Å². The van der Waals surface area contributed by atoms with Crippen LogP contribution in [-0.2, 0) is 6.42 Å². The molecule has 0 heterocycles. The van der Waals surface area contributed by atoms with Crippen LogP contribution in [0.2, 0.25) is 0 Å².